The van der Waals surface area contributed by atoms with Gasteiger partial charge in [-0.05, 0) is 70.0 Å². The summed E-state index contributed by atoms with van der Waals surface area (Å²) in [7, 11) is 1.41. The normalized spacial score (nSPS) is 10.1. The quantitative estimate of drug-likeness (QED) is 0.0439. The lowest BCUT2D eigenvalue weighted by Crippen LogP contribution is -2.23. The number of carbonyl (C=O) groups excluding carboxylic acids is 3. The number of phenols is 2. The molecule has 0 radical (unpaired) electrons. The number of amides is 5. The highest BCUT2D eigenvalue weighted by Crippen LogP contribution is 2.33. The third kappa shape index (κ3) is 10.8. The predicted octanol–water partition coefficient (Wildman–Crippen LogP) is 8.34. The largest absolute Gasteiger partial charge is 0.506 e. The van der Waals surface area contributed by atoms with Crippen LogP contribution in [0.25, 0.3) is 0 Å². The number of ether oxygens (including phenoxy) is 1. The Morgan fingerprint density at radius 3 is 1.92 bits per heavy atom. The lowest BCUT2D eigenvalue weighted by molar-refractivity contribution is -0.384. The van der Waals surface area contributed by atoms with Gasteiger partial charge < -0.3 is 41.5 Å². The van der Waals surface area contributed by atoms with E-state index < -0.39 is 22.7 Å². The number of rotatable bonds is 9. The van der Waals surface area contributed by atoms with Gasteiger partial charge in [0.05, 0.1) is 45.9 Å². The average Bonchev–Trinajstić information content (AvgIpc) is 3.10. The first kappa shape index (κ1) is 37.5. The Labute approximate surface area is 304 Å². The first-order valence-electron chi connectivity index (χ1n) is 14.8. The van der Waals surface area contributed by atoms with Crippen LogP contribution in [0.2, 0.25) is 5.02 Å². The third-order valence-corrected chi connectivity index (χ3v) is 7.77. The van der Waals surface area contributed by atoms with Gasteiger partial charge in [0.2, 0.25) is 0 Å². The van der Waals surface area contributed by atoms with Crippen LogP contribution >= 0.6 is 27.5 Å². The van der Waals surface area contributed by atoms with Crippen molar-refractivity contribution in [3.8, 4) is 17.2 Å². The summed E-state index contributed by atoms with van der Waals surface area (Å²) in [6.45, 7) is 0.384. The monoisotopic (exact) mass is 776 g/mol. The standard InChI is InChI=1S/C21H18BrN3O3.C14H12ClN3O5/c22-16-8-4-5-9-17(16)24-21(28)25-18-11-10-15(12-19(18)26)20(27)23-13-14-6-2-1-3-7-14;1-23-13-9(15)3-2-4-11(13)17-14(20)16-10-6-5-8(18(21)22)7-12(10)19/h1-12,26H,13H2,(H,23,27)(H2,24,25,28);2-7,19H,1H3,(H2,16,17,20). The molecule has 0 bridgehead atoms. The number of nitro groups is 1. The Morgan fingerprint density at radius 2 is 1.31 bits per heavy atom. The molecular weight excluding hydrogens is 748 g/mol. The number of phenolic OH excluding ortho intramolecular Hbond substituents is 2. The fourth-order valence-corrected chi connectivity index (χ4v) is 4.96. The second-order valence-corrected chi connectivity index (χ2v) is 11.6. The molecule has 0 aliphatic rings. The van der Waals surface area contributed by atoms with E-state index in [2.05, 4.69) is 42.5 Å². The number of nitrogens with one attached hydrogen (secondary N) is 5. The molecule has 0 saturated carbocycles. The van der Waals surface area contributed by atoms with E-state index in [1.807, 2.05) is 36.4 Å². The van der Waals surface area contributed by atoms with E-state index in [-0.39, 0.29) is 34.5 Å². The van der Waals surface area contributed by atoms with Crippen molar-refractivity contribution in [3.05, 3.63) is 140 Å². The maximum absolute atomic E-state index is 12.3. The zero-order valence-corrected chi connectivity index (χ0v) is 29.0. The van der Waals surface area contributed by atoms with Gasteiger partial charge in [-0.25, -0.2) is 9.59 Å². The maximum atomic E-state index is 12.3. The van der Waals surface area contributed by atoms with E-state index in [4.69, 9.17) is 16.3 Å². The molecule has 51 heavy (non-hydrogen) atoms. The van der Waals surface area contributed by atoms with Crippen molar-refractivity contribution in [1.82, 2.24) is 5.32 Å². The van der Waals surface area contributed by atoms with E-state index >= 15 is 0 Å². The van der Waals surface area contributed by atoms with Gasteiger partial charge in [0.15, 0.2) is 5.75 Å². The van der Waals surface area contributed by atoms with Gasteiger partial charge in [-0.1, -0.05) is 60.1 Å². The smallest absolute Gasteiger partial charge is 0.323 e. The summed E-state index contributed by atoms with van der Waals surface area (Å²) in [5.74, 6) is -0.650. The number of halogens is 2. The lowest BCUT2D eigenvalue weighted by atomic mass is 10.1. The average molecular weight is 778 g/mol. The van der Waals surface area contributed by atoms with Crippen LogP contribution in [0.15, 0.2) is 114 Å². The molecule has 0 aromatic heterocycles. The fraction of sp³-hybridized carbons (Fsp3) is 0.0571. The van der Waals surface area contributed by atoms with Crippen molar-refractivity contribution >= 4 is 73.9 Å². The summed E-state index contributed by atoms with van der Waals surface area (Å²) in [5, 5.41) is 43.7. The van der Waals surface area contributed by atoms with Crippen molar-refractivity contribution in [2.75, 3.05) is 28.4 Å². The zero-order valence-electron chi connectivity index (χ0n) is 26.6. The van der Waals surface area contributed by atoms with Crippen LogP contribution in [-0.2, 0) is 6.54 Å². The molecule has 16 heteroatoms. The second kappa shape index (κ2) is 17.9. The highest BCUT2D eigenvalue weighted by molar-refractivity contribution is 9.10. The molecule has 0 aliphatic carbocycles. The van der Waals surface area contributed by atoms with Crippen LogP contribution in [0, 0.1) is 10.1 Å². The van der Waals surface area contributed by atoms with Gasteiger partial charge in [0.25, 0.3) is 11.6 Å². The molecule has 5 aromatic carbocycles. The number of hydrogen-bond acceptors (Lipinski definition) is 8. The van der Waals surface area contributed by atoms with Crippen LogP contribution < -0.4 is 31.3 Å². The van der Waals surface area contributed by atoms with Crippen molar-refractivity contribution in [3.63, 3.8) is 0 Å². The summed E-state index contributed by atoms with van der Waals surface area (Å²) < 4.78 is 5.83. The molecule has 14 nitrogen and oxygen atoms in total. The van der Waals surface area contributed by atoms with Crippen LogP contribution in [0.5, 0.6) is 17.2 Å². The van der Waals surface area contributed by atoms with Gasteiger partial charge in [0, 0.05) is 22.6 Å². The Balaban J connectivity index is 0.000000233. The first-order valence-corrected chi connectivity index (χ1v) is 16.0. The number of methoxy groups -OCH3 is 1. The molecule has 0 saturated heterocycles. The SMILES string of the molecule is COc1c(Cl)cccc1NC(=O)Nc1ccc([N+](=O)[O-])cc1O.O=C(Nc1ccc(C(=O)NCc2ccccc2)cc1O)Nc1ccccc1Br. The van der Waals surface area contributed by atoms with Gasteiger partial charge in [-0.3, -0.25) is 14.9 Å². The van der Waals surface area contributed by atoms with Gasteiger partial charge in [-0.2, -0.15) is 0 Å². The van der Waals surface area contributed by atoms with Crippen LogP contribution in [0.3, 0.4) is 0 Å². The Morgan fingerprint density at radius 1 is 0.745 bits per heavy atom. The maximum Gasteiger partial charge on any atom is 0.323 e. The van der Waals surface area contributed by atoms with Gasteiger partial charge in [-0.15, -0.1) is 0 Å². The number of para-hydroxylation sites is 2. The summed E-state index contributed by atoms with van der Waals surface area (Å²) in [5.41, 5.74) is 2.13. The lowest BCUT2D eigenvalue weighted by Gasteiger charge is -2.12. The molecular formula is C35H30BrClN6O8. The fourth-order valence-electron chi connectivity index (χ4n) is 4.33. The summed E-state index contributed by atoms with van der Waals surface area (Å²) in [4.78, 5) is 46.3. The molecule has 5 amide bonds. The topological polar surface area (TPSA) is 204 Å². The molecule has 0 fully saturated rings. The molecule has 0 atom stereocenters. The van der Waals surface area contributed by atoms with E-state index in [9.17, 15) is 34.7 Å². The van der Waals surface area contributed by atoms with E-state index in [1.54, 1.807) is 36.4 Å². The zero-order chi connectivity index (χ0) is 36.9. The van der Waals surface area contributed by atoms with Crippen molar-refractivity contribution in [2.45, 2.75) is 6.54 Å². The first-order chi connectivity index (χ1) is 24.4. The van der Waals surface area contributed by atoms with Crippen molar-refractivity contribution < 1.29 is 34.3 Å². The number of nitrogens with zero attached hydrogens (tertiary/aromatic N) is 1. The molecule has 5 rings (SSSR count). The number of benzene rings is 5. The Kier molecular flexibility index (Phi) is 13.2. The third-order valence-electron chi connectivity index (χ3n) is 6.79. The van der Waals surface area contributed by atoms with E-state index in [0.29, 0.717) is 28.5 Å². The summed E-state index contributed by atoms with van der Waals surface area (Å²) in [6, 6.07) is 28.0. The number of nitro benzene ring substituents is 1. The molecule has 0 heterocycles. The Bertz CT molecular complexity index is 2050. The van der Waals surface area contributed by atoms with Crippen molar-refractivity contribution in [2.24, 2.45) is 0 Å². The number of carbonyl (C=O) groups is 3. The van der Waals surface area contributed by atoms with Crippen LogP contribution in [-0.4, -0.2) is 40.2 Å². The molecule has 0 spiro atoms. The minimum Gasteiger partial charge on any atom is -0.506 e. The second-order valence-electron chi connectivity index (χ2n) is 10.3. The number of urea groups is 2. The number of anilines is 4. The van der Waals surface area contributed by atoms with Gasteiger partial charge in [0.1, 0.15) is 11.5 Å². The number of hydrogen-bond donors (Lipinski definition) is 7. The summed E-state index contributed by atoms with van der Waals surface area (Å²) >= 11 is 9.29. The number of aromatic hydroxyl groups is 2. The van der Waals surface area contributed by atoms with E-state index in [0.717, 1.165) is 22.2 Å². The molecule has 262 valence electrons. The molecule has 5 aromatic rings. The minimum absolute atomic E-state index is 0.0223. The molecule has 0 aliphatic heterocycles. The summed E-state index contributed by atoms with van der Waals surface area (Å²) in [6.07, 6.45) is 0. The minimum atomic E-state index is -0.672. The molecule has 0 unspecified atom stereocenters. The van der Waals surface area contributed by atoms with Crippen LogP contribution in [0.4, 0.5) is 38.0 Å². The van der Waals surface area contributed by atoms with Crippen molar-refractivity contribution in [1.29, 1.82) is 0 Å². The Hall–Kier alpha value is -6.32. The predicted molar refractivity (Wildman–Crippen MR) is 198 cm³/mol. The van der Waals surface area contributed by atoms with E-state index in [1.165, 1.54) is 31.4 Å². The highest BCUT2D eigenvalue weighted by atomic mass is 79.9. The van der Waals surface area contributed by atoms with Gasteiger partial charge >= 0.3 is 12.1 Å². The van der Waals surface area contributed by atoms with Crippen LogP contribution in [0.1, 0.15) is 15.9 Å². The highest BCUT2D eigenvalue weighted by Gasteiger charge is 2.15. The number of non-ortho nitro benzene ring substituents is 1. The molecule has 7 N–H and O–H groups in total.